The van der Waals surface area contributed by atoms with E-state index in [0.717, 1.165) is 97.2 Å². The van der Waals surface area contributed by atoms with Gasteiger partial charge in [-0.2, -0.15) is 0 Å². The molecule has 80 heavy (non-hydrogen) atoms. The monoisotopic (exact) mass is 1170 g/mol. The number of nitrogen functional groups attached to an aromatic ring is 4. The second kappa shape index (κ2) is 30.7. The number of likely N-dealkylation sites (N-methyl/N-ethyl adjacent to an activating group) is 2. The van der Waals surface area contributed by atoms with Crippen molar-refractivity contribution >= 4 is 45.5 Å². The molecule has 0 spiro atoms. The maximum atomic E-state index is 5.87. The van der Waals surface area contributed by atoms with E-state index in [1.807, 2.05) is 48.5 Å². The third-order valence-corrected chi connectivity index (χ3v) is 17.7. The first-order valence-corrected chi connectivity index (χ1v) is 28.9. The Labute approximate surface area is 504 Å². The first kappa shape index (κ1) is 65.6. The Morgan fingerprint density at radius 2 is 0.675 bits per heavy atom. The molecule has 4 fully saturated rings. The lowest BCUT2D eigenvalue weighted by Gasteiger charge is -2.37. The van der Waals surface area contributed by atoms with Crippen LogP contribution in [-0.2, 0) is 13.1 Å². The van der Waals surface area contributed by atoms with Crippen LogP contribution in [-0.4, -0.2) is 124 Å². The molecule has 4 saturated heterocycles. The summed E-state index contributed by atoms with van der Waals surface area (Å²) in [6, 6.07) is 35.7. The van der Waals surface area contributed by atoms with Gasteiger partial charge in [0, 0.05) is 97.4 Å². The summed E-state index contributed by atoms with van der Waals surface area (Å²) in [5.41, 5.74) is 31.9. The van der Waals surface area contributed by atoms with Crippen molar-refractivity contribution in [3.05, 3.63) is 135 Å². The van der Waals surface area contributed by atoms with Crippen molar-refractivity contribution in [2.45, 2.75) is 114 Å². The number of nitrogens with zero attached hydrogens (tertiary/aromatic N) is 10. The fraction of sp³-hybridized carbons (Fsp3) is 0.516. The molecule has 6 aromatic rings. The van der Waals surface area contributed by atoms with Crippen LogP contribution in [0.15, 0.2) is 135 Å². The number of aryl methyl sites for hydroxylation is 2. The van der Waals surface area contributed by atoms with Crippen LogP contribution in [0.2, 0.25) is 0 Å². The summed E-state index contributed by atoms with van der Waals surface area (Å²) in [5, 5.41) is 0. The second-order valence-corrected chi connectivity index (χ2v) is 24.0. The normalized spacial score (nSPS) is 18.9. The summed E-state index contributed by atoms with van der Waals surface area (Å²) in [4.78, 5) is 9.98. The predicted octanol–water partition coefficient (Wildman–Crippen LogP) is -3.37. The molecular formula is C62H94Cl4N14. The van der Waals surface area contributed by atoms with Crippen LogP contribution in [0.25, 0.3) is 0 Å². The quantitative estimate of drug-likeness (QED) is 0.0240. The highest BCUT2D eigenvalue weighted by Gasteiger charge is 2.37. The van der Waals surface area contributed by atoms with Crippen LogP contribution in [0, 0.1) is 0 Å². The van der Waals surface area contributed by atoms with Crippen molar-refractivity contribution in [2.24, 2.45) is 0 Å². The Kier molecular flexibility index (Phi) is 25.2. The highest BCUT2D eigenvalue weighted by Crippen LogP contribution is 2.31. The molecule has 0 aliphatic carbocycles. The Hall–Kier alpha value is -5.22. The smallest absolute Gasteiger partial charge is 0.244 e. The Bertz CT molecular complexity index is 2510. The van der Waals surface area contributed by atoms with Crippen molar-refractivity contribution in [1.29, 1.82) is 0 Å². The van der Waals surface area contributed by atoms with E-state index >= 15 is 0 Å². The third kappa shape index (κ3) is 17.9. The minimum absolute atomic E-state index is 0. The van der Waals surface area contributed by atoms with E-state index in [1.165, 1.54) is 113 Å². The Morgan fingerprint density at radius 1 is 0.388 bits per heavy atom. The van der Waals surface area contributed by atoms with E-state index in [9.17, 15) is 0 Å². The number of unbranched alkanes of at least 4 members (excludes halogenated alkanes) is 6. The molecule has 4 unspecified atom stereocenters. The molecule has 18 heteroatoms. The lowest BCUT2D eigenvalue weighted by molar-refractivity contribution is -0.913. The molecular weight excluding hydrogens is 1080 g/mol. The molecule has 6 heterocycles. The van der Waals surface area contributed by atoms with E-state index in [1.54, 1.807) is 0 Å². The van der Waals surface area contributed by atoms with Gasteiger partial charge in [0.05, 0.1) is 80.5 Å². The van der Waals surface area contributed by atoms with Gasteiger partial charge in [-0.15, -0.1) is 0 Å². The summed E-state index contributed by atoms with van der Waals surface area (Å²) in [6.45, 7) is 13.6. The van der Waals surface area contributed by atoms with Crippen molar-refractivity contribution < 1.29 is 67.7 Å². The molecule has 2 aromatic heterocycles. The average Bonchev–Trinajstić information content (AvgIpc) is 4.28. The van der Waals surface area contributed by atoms with Crippen LogP contribution in [0.3, 0.4) is 0 Å². The average molecular weight is 1180 g/mol. The minimum atomic E-state index is 0. The minimum Gasteiger partial charge on any atom is -1.00 e. The number of hydrogen-bond acceptors (Lipinski definition) is 8. The van der Waals surface area contributed by atoms with E-state index < -0.39 is 0 Å². The summed E-state index contributed by atoms with van der Waals surface area (Å²) in [7, 11) is 9.74. The van der Waals surface area contributed by atoms with Gasteiger partial charge in [-0.1, -0.05) is 0 Å². The highest BCUT2D eigenvalue weighted by atomic mass is 35.5. The number of anilines is 8. The van der Waals surface area contributed by atoms with Gasteiger partial charge in [0.2, 0.25) is 12.7 Å². The van der Waals surface area contributed by atoms with E-state index in [-0.39, 0.29) is 49.6 Å². The van der Waals surface area contributed by atoms with Gasteiger partial charge in [0.25, 0.3) is 0 Å². The molecule has 10 rings (SSSR count). The largest absolute Gasteiger partial charge is 1.00 e. The molecule has 4 aromatic carbocycles. The maximum absolute atomic E-state index is 5.87. The van der Waals surface area contributed by atoms with E-state index in [2.05, 4.69) is 152 Å². The molecule has 4 atom stereocenters. The molecule has 0 saturated carbocycles. The number of hydrogen-bond donors (Lipinski definition) is 4. The first-order valence-electron chi connectivity index (χ1n) is 28.9. The van der Waals surface area contributed by atoms with Gasteiger partial charge in [-0.3, -0.25) is 0 Å². The van der Waals surface area contributed by atoms with Crippen LogP contribution >= 0.6 is 0 Å². The zero-order valence-electron chi connectivity index (χ0n) is 48.3. The summed E-state index contributed by atoms with van der Waals surface area (Å²) >= 11 is 0. The SMILES string of the molecule is C[N+](C)(CCCCCC[N+](C)(C)C1CCN(c2ccc(N)cc2)C1)C1CCN(c2ccc(N)cc2)C1.Nc1ccc(N2CCC(n3cc[n+](CCCCCC[n+]4ccn(C5CCN(c6ccc(N)cc6)C5)c4)c3)C2)cc1.[Cl-].[Cl-].[Cl-].[Cl-]. The molecule has 14 nitrogen and oxygen atoms in total. The lowest BCUT2D eigenvalue weighted by atomic mass is 10.1. The zero-order chi connectivity index (χ0) is 53.1. The number of aromatic nitrogens is 4. The highest BCUT2D eigenvalue weighted by molar-refractivity contribution is 5.56. The van der Waals surface area contributed by atoms with Gasteiger partial charge in [-0.25, -0.2) is 18.3 Å². The molecule has 0 radical (unpaired) electrons. The van der Waals surface area contributed by atoms with E-state index in [4.69, 9.17) is 22.9 Å². The van der Waals surface area contributed by atoms with Crippen LogP contribution in [0.4, 0.5) is 45.5 Å². The van der Waals surface area contributed by atoms with E-state index in [0.29, 0.717) is 24.2 Å². The van der Waals surface area contributed by atoms with Crippen molar-refractivity contribution in [1.82, 2.24) is 9.13 Å². The third-order valence-electron chi connectivity index (χ3n) is 17.7. The van der Waals surface area contributed by atoms with Gasteiger partial charge in [0.15, 0.2) is 0 Å². The molecule has 0 bridgehead atoms. The number of benzene rings is 4. The van der Waals surface area contributed by atoms with Gasteiger partial charge in [-0.05, 0) is 148 Å². The maximum Gasteiger partial charge on any atom is 0.244 e. The standard InChI is InChI=1S/C32H44N8.C30H50N6.4ClH/c33-27-5-9-29(10-6-27)37-17-13-31(23-37)39-21-19-35(25-39)15-3-1-2-4-16-36-20-22-40(26-36)32-14-18-38(24-32)30-11-7-28(34)8-12-30;1-35(2,29-17-19-33(23-29)27-13-9-25(31)10-14-27)21-7-5-6-8-22-36(3,4)30-18-20-34(24-30)28-15-11-26(32)12-16-28;;;;/h5-12,19-22,25-26,31-32H,1-4,13-18,23-24,33-34H2;9-16,29-30H,5-8,17-24,31-32H2,1-4H3;4*1H/q2*+2;;;;/p-4. The van der Waals surface area contributed by atoms with Crippen LogP contribution < -0.4 is 101 Å². The summed E-state index contributed by atoms with van der Waals surface area (Å²) in [5.74, 6) is 0. The number of imidazole rings is 2. The van der Waals surface area contributed by atoms with Crippen molar-refractivity contribution in [3.63, 3.8) is 0 Å². The molecule has 0 amide bonds. The summed E-state index contributed by atoms with van der Waals surface area (Å²) < 4.78 is 11.8. The van der Waals surface area contributed by atoms with Crippen molar-refractivity contribution in [3.8, 4) is 0 Å². The fourth-order valence-electron chi connectivity index (χ4n) is 12.5. The first-order chi connectivity index (χ1) is 36.7. The van der Waals surface area contributed by atoms with Gasteiger partial charge < -0.3 is 101 Å². The van der Waals surface area contributed by atoms with Crippen LogP contribution in [0.5, 0.6) is 0 Å². The van der Waals surface area contributed by atoms with Crippen LogP contribution in [0.1, 0.15) is 89.1 Å². The zero-order valence-corrected chi connectivity index (χ0v) is 51.3. The van der Waals surface area contributed by atoms with Gasteiger partial charge in [0.1, 0.15) is 49.0 Å². The molecule has 8 N–H and O–H groups in total. The summed E-state index contributed by atoms with van der Waals surface area (Å²) in [6.07, 6.45) is 28.8. The number of halogens is 4. The Morgan fingerprint density at radius 3 is 1.00 bits per heavy atom. The van der Waals surface area contributed by atoms with Gasteiger partial charge >= 0.3 is 0 Å². The van der Waals surface area contributed by atoms with Crippen molar-refractivity contribution in [2.75, 3.05) is 136 Å². The predicted molar refractivity (Wildman–Crippen MR) is 317 cm³/mol. The lowest BCUT2D eigenvalue weighted by Crippen LogP contribution is -3.00. The molecule has 4 aliphatic heterocycles. The second-order valence-electron chi connectivity index (χ2n) is 24.0. The number of quaternary nitrogens is 2. The Balaban J connectivity index is 0.000000282. The number of rotatable bonds is 22. The molecule has 4 aliphatic rings. The molecule has 440 valence electrons. The fourth-order valence-corrected chi connectivity index (χ4v) is 12.5. The number of nitrogens with two attached hydrogens (primary N) is 4. The topological polar surface area (TPSA) is 135 Å².